The molecule has 0 spiro atoms. The molecule has 0 aliphatic rings. The fraction of sp³-hybridized carbons (Fsp3) is 0.0244. The van der Waals surface area contributed by atoms with Gasteiger partial charge < -0.3 is 10.2 Å². The number of allylic oxidation sites excluding steroid dienone is 1. The fourth-order valence-corrected chi connectivity index (χ4v) is 6.84. The van der Waals surface area contributed by atoms with Gasteiger partial charge in [-0.2, -0.15) is 0 Å². The zero-order valence-corrected chi connectivity index (χ0v) is 25.7. The third-order valence-corrected chi connectivity index (χ3v) is 9.31. The minimum absolute atomic E-state index is 0.471. The summed E-state index contributed by atoms with van der Waals surface area (Å²) in [4.78, 5) is 10.0. The van der Waals surface area contributed by atoms with Crippen molar-refractivity contribution < 1.29 is 4.42 Å². The van der Waals surface area contributed by atoms with Crippen molar-refractivity contribution >= 4 is 54.9 Å². The average molecular weight is 612 g/mol. The predicted molar refractivity (Wildman–Crippen MR) is 193 cm³/mol. The first-order valence-electron chi connectivity index (χ1n) is 15.2. The lowest BCUT2D eigenvalue weighted by Gasteiger charge is -2.08. The molecule has 8 rings (SSSR count). The highest BCUT2D eigenvalue weighted by Crippen LogP contribution is 2.37. The lowest BCUT2D eigenvalue weighted by Crippen LogP contribution is -2.04. The summed E-state index contributed by atoms with van der Waals surface area (Å²) < 4.78 is 7.48. The lowest BCUT2D eigenvalue weighted by atomic mass is 10.0. The van der Waals surface area contributed by atoms with E-state index in [1.54, 1.807) is 11.3 Å². The van der Waals surface area contributed by atoms with E-state index in [9.17, 15) is 0 Å². The van der Waals surface area contributed by atoms with Crippen LogP contribution in [-0.2, 0) is 6.54 Å². The van der Waals surface area contributed by atoms with Crippen LogP contribution in [0.25, 0.3) is 59.6 Å². The van der Waals surface area contributed by atoms with Crippen LogP contribution in [0.1, 0.15) is 16.7 Å². The summed E-state index contributed by atoms with van der Waals surface area (Å²) in [7, 11) is 0. The number of rotatable bonds is 7. The van der Waals surface area contributed by atoms with Gasteiger partial charge in [0.05, 0.1) is 22.5 Å². The standard InChI is InChI=1S/C41H29N3OS/c42-34(29-20-18-28(19-21-29)27-10-3-1-4-11-27)25-36(30-12-5-2-6-13-30)43-26-32-14-9-16-38-40(32)33-24-31(22-23-37(33)45-38)41-44-35-15-7-8-17-39(35)46-41/h1-25H,26,42H2/b34-25-,43-36?. The molecule has 4 nitrogen and oxygen atoms in total. The van der Waals surface area contributed by atoms with Crippen LogP contribution in [0, 0.1) is 0 Å². The van der Waals surface area contributed by atoms with Gasteiger partial charge in [0.1, 0.15) is 16.2 Å². The molecular formula is C41H29N3OS. The van der Waals surface area contributed by atoms with Crippen LogP contribution in [0.2, 0.25) is 0 Å². The van der Waals surface area contributed by atoms with Crippen LogP contribution in [-0.4, -0.2) is 10.7 Å². The second-order valence-corrected chi connectivity index (χ2v) is 12.2. The van der Waals surface area contributed by atoms with E-state index >= 15 is 0 Å². The van der Waals surface area contributed by atoms with Gasteiger partial charge in [0.15, 0.2) is 0 Å². The maximum atomic E-state index is 6.70. The van der Waals surface area contributed by atoms with Gasteiger partial charge in [-0.05, 0) is 70.3 Å². The Balaban J connectivity index is 1.16. The van der Waals surface area contributed by atoms with E-state index in [2.05, 4.69) is 97.1 Å². The van der Waals surface area contributed by atoms with Crippen LogP contribution in [0.5, 0.6) is 0 Å². The zero-order chi connectivity index (χ0) is 30.9. The molecule has 0 bridgehead atoms. The summed E-state index contributed by atoms with van der Waals surface area (Å²) in [5.41, 5.74) is 17.4. The van der Waals surface area contributed by atoms with Gasteiger partial charge in [-0.15, -0.1) is 11.3 Å². The van der Waals surface area contributed by atoms with Crippen molar-refractivity contribution in [3.05, 3.63) is 168 Å². The number of nitrogens with two attached hydrogens (primary N) is 1. The Morgan fingerprint density at radius 3 is 2.20 bits per heavy atom. The molecule has 0 fully saturated rings. The third kappa shape index (κ3) is 5.38. The molecule has 2 aromatic heterocycles. The van der Waals surface area contributed by atoms with Gasteiger partial charge in [0, 0.05) is 22.0 Å². The summed E-state index contributed by atoms with van der Waals surface area (Å²) in [5.74, 6) is 0. The second-order valence-electron chi connectivity index (χ2n) is 11.2. The van der Waals surface area contributed by atoms with E-state index in [0.717, 1.165) is 66.0 Å². The molecular weight excluding hydrogens is 583 g/mol. The molecule has 46 heavy (non-hydrogen) atoms. The maximum absolute atomic E-state index is 6.70. The SMILES string of the molecule is N/C(=C\C(=NCc1cccc2oc3ccc(-c4nc5ccccc5s4)cc3c12)c1ccccc1)c1ccc(-c2ccccc2)cc1. The van der Waals surface area contributed by atoms with Gasteiger partial charge in [0.25, 0.3) is 0 Å². The van der Waals surface area contributed by atoms with Crippen LogP contribution in [0.3, 0.4) is 0 Å². The smallest absolute Gasteiger partial charge is 0.135 e. The first kappa shape index (κ1) is 27.7. The molecule has 0 saturated carbocycles. The molecule has 220 valence electrons. The molecule has 0 amide bonds. The molecule has 0 unspecified atom stereocenters. The molecule has 0 aliphatic carbocycles. The van der Waals surface area contributed by atoms with Crippen molar-refractivity contribution in [2.24, 2.45) is 10.7 Å². The molecule has 2 N–H and O–H groups in total. The van der Waals surface area contributed by atoms with Crippen LogP contribution in [0.4, 0.5) is 0 Å². The molecule has 6 aromatic carbocycles. The lowest BCUT2D eigenvalue weighted by molar-refractivity contribution is 0.668. The number of hydrogen-bond acceptors (Lipinski definition) is 5. The van der Waals surface area contributed by atoms with E-state index in [0.29, 0.717) is 12.2 Å². The Morgan fingerprint density at radius 1 is 0.674 bits per heavy atom. The van der Waals surface area contributed by atoms with Gasteiger partial charge in [-0.3, -0.25) is 4.99 Å². The molecule has 8 aromatic rings. The Bertz CT molecular complexity index is 2350. The Hall–Kier alpha value is -5.78. The van der Waals surface area contributed by atoms with E-state index in [1.165, 1.54) is 10.3 Å². The number of benzene rings is 6. The van der Waals surface area contributed by atoms with E-state index in [-0.39, 0.29) is 0 Å². The maximum Gasteiger partial charge on any atom is 0.135 e. The number of aromatic nitrogens is 1. The third-order valence-electron chi connectivity index (χ3n) is 8.23. The highest BCUT2D eigenvalue weighted by atomic mass is 32.1. The number of nitrogens with zero attached hydrogens (tertiary/aromatic N) is 2. The van der Waals surface area contributed by atoms with Crippen LogP contribution >= 0.6 is 11.3 Å². The Morgan fingerprint density at radius 2 is 1.39 bits per heavy atom. The highest BCUT2D eigenvalue weighted by Gasteiger charge is 2.14. The van der Waals surface area contributed by atoms with Gasteiger partial charge in [0.2, 0.25) is 0 Å². The van der Waals surface area contributed by atoms with E-state index in [4.69, 9.17) is 20.1 Å². The number of thiazole rings is 1. The summed E-state index contributed by atoms with van der Waals surface area (Å²) in [6.07, 6.45) is 1.98. The highest BCUT2D eigenvalue weighted by molar-refractivity contribution is 7.21. The second kappa shape index (κ2) is 12.0. The number of fused-ring (bicyclic) bond motifs is 4. The van der Waals surface area contributed by atoms with Crippen molar-refractivity contribution in [3.63, 3.8) is 0 Å². The average Bonchev–Trinajstić information content (AvgIpc) is 3.72. The summed E-state index contributed by atoms with van der Waals surface area (Å²) >= 11 is 1.70. The number of furan rings is 1. The number of aliphatic imine (C=N–C) groups is 1. The normalized spacial score (nSPS) is 12.3. The van der Waals surface area contributed by atoms with Gasteiger partial charge in [-0.25, -0.2) is 4.98 Å². The van der Waals surface area contributed by atoms with Gasteiger partial charge in [-0.1, -0.05) is 109 Å². The van der Waals surface area contributed by atoms with Crippen molar-refractivity contribution in [1.82, 2.24) is 4.98 Å². The molecule has 0 radical (unpaired) electrons. The fourth-order valence-electron chi connectivity index (χ4n) is 5.88. The van der Waals surface area contributed by atoms with Crippen molar-refractivity contribution in [2.75, 3.05) is 0 Å². The van der Waals surface area contributed by atoms with Crippen molar-refractivity contribution in [1.29, 1.82) is 0 Å². The zero-order valence-electron chi connectivity index (χ0n) is 24.9. The molecule has 0 aliphatic heterocycles. The summed E-state index contributed by atoms with van der Waals surface area (Å²) in [5, 5.41) is 3.13. The van der Waals surface area contributed by atoms with Gasteiger partial charge >= 0.3 is 0 Å². The Kier molecular flexibility index (Phi) is 7.21. The molecule has 0 atom stereocenters. The van der Waals surface area contributed by atoms with Crippen LogP contribution in [0.15, 0.2) is 161 Å². The largest absolute Gasteiger partial charge is 0.456 e. The number of para-hydroxylation sites is 1. The van der Waals surface area contributed by atoms with Crippen LogP contribution < -0.4 is 5.73 Å². The molecule has 5 heteroatoms. The van der Waals surface area contributed by atoms with Crippen molar-refractivity contribution in [3.8, 4) is 21.7 Å². The molecule has 2 heterocycles. The van der Waals surface area contributed by atoms with Crippen molar-refractivity contribution in [2.45, 2.75) is 6.54 Å². The minimum Gasteiger partial charge on any atom is -0.456 e. The monoisotopic (exact) mass is 611 g/mol. The molecule has 0 saturated heterocycles. The van der Waals surface area contributed by atoms with E-state index in [1.807, 2.05) is 54.6 Å². The minimum atomic E-state index is 0.471. The quantitative estimate of drug-likeness (QED) is 0.182. The predicted octanol–water partition coefficient (Wildman–Crippen LogP) is 10.5. The Labute approximate surface area is 270 Å². The summed E-state index contributed by atoms with van der Waals surface area (Å²) in [6.45, 7) is 0.471. The number of hydrogen-bond donors (Lipinski definition) is 1. The first-order valence-corrected chi connectivity index (χ1v) is 16.0. The van der Waals surface area contributed by atoms with E-state index < -0.39 is 0 Å². The topological polar surface area (TPSA) is 64.4 Å². The summed E-state index contributed by atoms with van der Waals surface area (Å²) in [6, 6.07) is 49.7. The first-order chi connectivity index (χ1) is 22.7.